The topological polar surface area (TPSA) is 102 Å². The molecule has 0 fully saturated rings. The zero-order valence-electron chi connectivity index (χ0n) is 13.6. The average molecular weight is 352 g/mol. The summed E-state index contributed by atoms with van der Waals surface area (Å²) >= 11 is 0. The Balaban J connectivity index is 0.00000288. The lowest BCUT2D eigenvalue weighted by Crippen LogP contribution is -2.27. The summed E-state index contributed by atoms with van der Waals surface area (Å²) in [6.45, 7) is 3.80. The van der Waals surface area contributed by atoms with Crippen LogP contribution in [0.2, 0.25) is 0 Å². The molecule has 0 saturated carbocycles. The van der Waals surface area contributed by atoms with Crippen molar-refractivity contribution in [1.29, 1.82) is 0 Å². The van der Waals surface area contributed by atoms with Crippen LogP contribution in [0, 0.1) is 5.92 Å². The van der Waals surface area contributed by atoms with E-state index in [9.17, 15) is 9.59 Å². The molecule has 2 amide bonds. The first-order chi connectivity index (χ1) is 11.0. The van der Waals surface area contributed by atoms with Gasteiger partial charge in [-0.05, 0) is 31.2 Å². The fourth-order valence-corrected chi connectivity index (χ4v) is 1.92. The van der Waals surface area contributed by atoms with Crippen LogP contribution in [-0.2, 0) is 9.59 Å². The van der Waals surface area contributed by atoms with Crippen LogP contribution in [0.5, 0.6) is 0 Å². The van der Waals surface area contributed by atoms with Crippen molar-refractivity contribution >= 4 is 35.6 Å². The minimum Gasteiger partial charge on any atom is -0.330 e. The van der Waals surface area contributed by atoms with E-state index in [0.29, 0.717) is 11.4 Å². The van der Waals surface area contributed by atoms with E-state index in [1.165, 1.54) is 0 Å². The molecule has 0 aliphatic rings. The van der Waals surface area contributed by atoms with E-state index in [4.69, 9.17) is 5.73 Å². The number of aromatic nitrogens is 2. The largest absolute Gasteiger partial charge is 0.330 e. The number of nitrogens with zero attached hydrogens (tertiary/aromatic N) is 2. The fourth-order valence-electron chi connectivity index (χ4n) is 1.92. The monoisotopic (exact) mass is 351 g/mol. The van der Waals surface area contributed by atoms with Gasteiger partial charge >= 0.3 is 0 Å². The molecule has 2 unspecified atom stereocenters. The van der Waals surface area contributed by atoms with Gasteiger partial charge in [-0.3, -0.25) is 14.3 Å². The SMILES string of the molecule is CC(CN)C(=O)Nc1cccc(NC(=O)C(C)n2cccn2)c1.Cl. The predicted octanol–water partition coefficient (Wildman–Crippen LogP) is 2.04. The molecule has 24 heavy (non-hydrogen) atoms. The predicted molar refractivity (Wildman–Crippen MR) is 96.1 cm³/mol. The average Bonchev–Trinajstić information content (AvgIpc) is 3.07. The molecule has 1 aromatic carbocycles. The number of nitrogens with one attached hydrogen (secondary N) is 2. The molecule has 1 aromatic heterocycles. The van der Waals surface area contributed by atoms with Crippen LogP contribution in [0.1, 0.15) is 19.9 Å². The number of nitrogens with two attached hydrogens (primary N) is 1. The summed E-state index contributed by atoms with van der Waals surface area (Å²) < 4.78 is 1.57. The molecule has 0 aliphatic carbocycles. The maximum Gasteiger partial charge on any atom is 0.248 e. The number of hydrogen-bond donors (Lipinski definition) is 3. The van der Waals surface area contributed by atoms with Crippen molar-refractivity contribution in [3.8, 4) is 0 Å². The van der Waals surface area contributed by atoms with Gasteiger partial charge in [0.05, 0.1) is 0 Å². The lowest BCUT2D eigenvalue weighted by molar-refractivity contribution is -0.119. The lowest BCUT2D eigenvalue weighted by atomic mass is 10.1. The molecule has 0 saturated heterocycles. The van der Waals surface area contributed by atoms with Gasteiger partial charge in [0, 0.05) is 36.2 Å². The van der Waals surface area contributed by atoms with Crippen LogP contribution in [0.15, 0.2) is 42.7 Å². The number of rotatable bonds is 6. The third kappa shape index (κ3) is 5.07. The van der Waals surface area contributed by atoms with Crippen LogP contribution in [0.25, 0.3) is 0 Å². The van der Waals surface area contributed by atoms with Crippen LogP contribution in [0.4, 0.5) is 11.4 Å². The Morgan fingerprint density at radius 3 is 2.33 bits per heavy atom. The van der Waals surface area contributed by atoms with Gasteiger partial charge in [-0.25, -0.2) is 0 Å². The highest BCUT2D eigenvalue weighted by Crippen LogP contribution is 2.17. The van der Waals surface area contributed by atoms with Gasteiger partial charge in [-0.2, -0.15) is 5.10 Å². The molecule has 7 nitrogen and oxygen atoms in total. The summed E-state index contributed by atoms with van der Waals surface area (Å²) in [5.41, 5.74) is 6.69. The zero-order chi connectivity index (χ0) is 16.8. The second-order valence-electron chi connectivity index (χ2n) is 5.36. The summed E-state index contributed by atoms with van der Waals surface area (Å²) in [7, 11) is 0. The van der Waals surface area contributed by atoms with Crippen LogP contribution in [-0.4, -0.2) is 28.1 Å². The van der Waals surface area contributed by atoms with E-state index in [0.717, 1.165) is 0 Å². The minimum atomic E-state index is -0.430. The number of halogens is 1. The number of anilines is 2. The first-order valence-electron chi connectivity index (χ1n) is 7.42. The maximum atomic E-state index is 12.2. The third-order valence-electron chi connectivity index (χ3n) is 3.50. The van der Waals surface area contributed by atoms with Crippen molar-refractivity contribution in [1.82, 2.24) is 9.78 Å². The van der Waals surface area contributed by atoms with Crippen molar-refractivity contribution in [2.75, 3.05) is 17.2 Å². The maximum absolute atomic E-state index is 12.2. The smallest absolute Gasteiger partial charge is 0.248 e. The molecule has 0 aliphatic heterocycles. The Morgan fingerprint density at radius 1 is 1.17 bits per heavy atom. The summed E-state index contributed by atoms with van der Waals surface area (Å²) in [5, 5.41) is 9.64. The highest BCUT2D eigenvalue weighted by Gasteiger charge is 2.15. The molecule has 2 atom stereocenters. The molecule has 4 N–H and O–H groups in total. The number of benzene rings is 1. The van der Waals surface area contributed by atoms with Gasteiger partial charge in [0.2, 0.25) is 11.8 Å². The molecular formula is C16H22ClN5O2. The van der Waals surface area contributed by atoms with E-state index in [-0.39, 0.29) is 36.7 Å². The number of amides is 2. The first kappa shape index (κ1) is 19.7. The van der Waals surface area contributed by atoms with Gasteiger partial charge < -0.3 is 16.4 Å². The number of hydrogen-bond acceptors (Lipinski definition) is 4. The highest BCUT2D eigenvalue weighted by molar-refractivity contribution is 5.96. The van der Waals surface area contributed by atoms with E-state index in [1.54, 1.807) is 61.3 Å². The Bertz CT molecular complexity index is 675. The van der Waals surface area contributed by atoms with Crippen molar-refractivity contribution in [2.24, 2.45) is 11.7 Å². The van der Waals surface area contributed by atoms with E-state index >= 15 is 0 Å². The molecular weight excluding hydrogens is 330 g/mol. The van der Waals surface area contributed by atoms with Crippen LogP contribution >= 0.6 is 12.4 Å². The number of carbonyl (C=O) groups excluding carboxylic acids is 2. The lowest BCUT2D eigenvalue weighted by Gasteiger charge is -2.14. The van der Waals surface area contributed by atoms with Crippen molar-refractivity contribution in [2.45, 2.75) is 19.9 Å². The number of carbonyl (C=O) groups is 2. The molecule has 1 heterocycles. The van der Waals surface area contributed by atoms with Gasteiger partial charge in [-0.1, -0.05) is 13.0 Å². The Morgan fingerprint density at radius 2 is 1.79 bits per heavy atom. The second-order valence-corrected chi connectivity index (χ2v) is 5.36. The van der Waals surface area contributed by atoms with Crippen molar-refractivity contribution < 1.29 is 9.59 Å². The molecule has 8 heteroatoms. The molecule has 0 radical (unpaired) electrons. The van der Waals surface area contributed by atoms with Gasteiger partial charge in [0.1, 0.15) is 6.04 Å². The summed E-state index contributed by atoms with van der Waals surface area (Å²) in [4.78, 5) is 24.1. The van der Waals surface area contributed by atoms with Crippen molar-refractivity contribution in [3.05, 3.63) is 42.7 Å². The van der Waals surface area contributed by atoms with Gasteiger partial charge in [0.25, 0.3) is 0 Å². The summed E-state index contributed by atoms with van der Waals surface area (Å²) in [5.74, 6) is -0.610. The highest BCUT2D eigenvalue weighted by atomic mass is 35.5. The summed E-state index contributed by atoms with van der Waals surface area (Å²) in [6.07, 6.45) is 3.35. The molecule has 2 aromatic rings. The quantitative estimate of drug-likeness (QED) is 0.741. The molecule has 2 rings (SSSR count). The Kier molecular flexibility index (Phi) is 7.41. The van der Waals surface area contributed by atoms with Crippen LogP contribution in [0.3, 0.4) is 0 Å². The normalized spacial score (nSPS) is 12.6. The Labute approximate surface area is 147 Å². The van der Waals surface area contributed by atoms with Gasteiger partial charge in [-0.15, -0.1) is 12.4 Å². The van der Waals surface area contributed by atoms with E-state index in [1.807, 2.05) is 0 Å². The molecule has 0 spiro atoms. The standard InChI is InChI=1S/C16H21N5O2.ClH/c1-11(10-17)15(22)19-13-5-3-6-14(9-13)20-16(23)12(2)21-8-4-7-18-21;/h3-9,11-12H,10,17H2,1-2H3,(H,19,22)(H,20,23);1H. The molecule has 0 bridgehead atoms. The molecule has 130 valence electrons. The van der Waals surface area contributed by atoms with Gasteiger partial charge in [0.15, 0.2) is 0 Å². The first-order valence-corrected chi connectivity index (χ1v) is 7.42. The van der Waals surface area contributed by atoms with E-state index in [2.05, 4.69) is 15.7 Å². The van der Waals surface area contributed by atoms with Crippen LogP contribution < -0.4 is 16.4 Å². The summed E-state index contributed by atoms with van der Waals surface area (Å²) in [6, 6.07) is 8.31. The third-order valence-corrected chi connectivity index (χ3v) is 3.50. The Hall–Kier alpha value is -2.38. The van der Waals surface area contributed by atoms with E-state index < -0.39 is 6.04 Å². The second kappa shape index (κ2) is 9.05. The fraction of sp³-hybridized carbons (Fsp3) is 0.312. The van der Waals surface area contributed by atoms with Crippen molar-refractivity contribution in [3.63, 3.8) is 0 Å². The zero-order valence-corrected chi connectivity index (χ0v) is 14.4. The minimum absolute atomic E-state index is 0.